The van der Waals surface area contributed by atoms with Gasteiger partial charge in [-0.05, 0) is 41.5 Å². The lowest BCUT2D eigenvalue weighted by atomic mass is 9.80. The van der Waals surface area contributed by atoms with E-state index < -0.39 is 30.3 Å². The minimum absolute atomic E-state index is 0.198. The van der Waals surface area contributed by atoms with Crippen molar-refractivity contribution in [1.82, 2.24) is 10.2 Å². The van der Waals surface area contributed by atoms with Crippen molar-refractivity contribution in [3.05, 3.63) is 90.3 Å². The molecule has 0 saturated carbocycles. The third-order valence-electron chi connectivity index (χ3n) is 6.93. The number of methoxy groups -OCH3 is 1. The Labute approximate surface area is 208 Å². The maximum atomic E-state index is 13.6. The van der Waals surface area contributed by atoms with Crippen LogP contribution in [0, 0.1) is 5.92 Å². The molecule has 2 amide bonds. The number of hydrogen-bond donors (Lipinski definition) is 0. The number of anilines is 1. The first-order chi connectivity index (χ1) is 17.6. The molecule has 1 aromatic heterocycles. The Morgan fingerprint density at radius 2 is 1.78 bits per heavy atom. The third-order valence-corrected chi connectivity index (χ3v) is 6.93. The van der Waals surface area contributed by atoms with E-state index in [1.807, 2.05) is 42.5 Å². The van der Waals surface area contributed by atoms with Gasteiger partial charge in [0.1, 0.15) is 5.75 Å². The molecule has 2 aromatic carbocycles. The summed E-state index contributed by atoms with van der Waals surface area (Å²) in [5.41, 5.74) is 2.42. The number of pyridine rings is 1. The van der Waals surface area contributed by atoms with Crippen LogP contribution in [-0.4, -0.2) is 47.6 Å². The summed E-state index contributed by atoms with van der Waals surface area (Å²) in [7, 11) is 1.62. The maximum Gasteiger partial charge on any atom is 0.266 e. The SMILES string of the molecule is COc1ccc(CO[C@H]2C[C@@H](c3cccnc3)[C@@H]3[C@@H]4C(=O)N(c5ccccc5)C(=O)[C@@H]4ON3O2)cc1. The molecule has 0 bridgehead atoms. The highest BCUT2D eigenvalue weighted by Gasteiger charge is 2.64. The van der Waals surface area contributed by atoms with Gasteiger partial charge in [-0.2, -0.15) is 0 Å². The first-order valence-corrected chi connectivity index (χ1v) is 11.8. The molecular weight excluding hydrogens is 462 g/mol. The van der Waals surface area contributed by atoms with E-state index in [0.717, 1.165) is 16.9 Å². The number of nitrogens with zero attached hydrogens (tertiary/aromatic N) is 3. The maximum absolute atomic E-state index is 13.6. The molecule has 9 heteroatoms. The summed E-state index contributed by atoms with van der Waals surface area (Å²) in [4.78, 5) is 44.3. The summed E-state index contributed by atoms with van der Waals surface area (Å²) in [6.45, 7) is 0.319. The van der Waals surface area contributed by atoms with E-state index in [-0.39, 0.29) is 11.8 Å². The van der Waals surface area contributed by atoms with Crippen LogP contribution in [0.5, 0.6) is 5.75 Å². The predicted molar refractivity (Wildman–Crippen MR) is 127 cm³/mol. The molecule has 0 N–H and O–H groups in total. The number of carbonyl (C=O) groups excluding carboxylic acids is 2. The van der Waals surface area contributed by atoms with Gasteiger partial charge in [-0.25, -0.2) is 9.74 Å². The zero-order valence-corrected chi connectivity index (χ0v) is 19.6. The molecule has 3 aromatic rings. The van der Waals surface area contributed by atoms with Crippen LogP contribution in [0.4, 0.5) is 5.69 Å². The number of hydrogen-bond acceptors (Lipinski definition) is 8. The van der Waals surface area contributed by atoms with Gasteiger partial charge in [0.2, 0.25) is 5.91 Å². The highest BCUT2D eigenvalue weighted by Crippen LogP contribution is 2.48. The fourth-order valence-corrected chi connectivity index (χ4v) is 5.18. The Balaban J connectivity index is 1.25. The molecule has 0 radical (unpaired) electrons. The second kappa shape index (κ2) is 9.44. The standard InChI is InChI=1S/C27H25N3O6/c1-33-20-11-9-17(10-12-20)16-34-22-14-21(18-6-5-13-28-15-18)24-23-25(36-30(24)35-22)27(32)29(26(23)31)19-7-3-2-4-8-19/h2-13,15,21-25H,14,16H2,1H3/t21-,22+,23-,24+,25+/m0/s1. The second-order valence-electron chi connectivity index (χ2n) is 9.00. The molecule has 184 valence electrons. The van der Waals surface area contributed by atoms with Gasteiger partial charge in [-0.3, -0.25) is 19.4 Å². The molecule has 5 atom stereocenters. The van der Waals surface area contributed by atoms with Crippen LogP contribution in [0.2, 0.25) is 0 Å². The Bertz CT molecular complexity index is 1240. The molecule has 4 heterocycles. The lowest BCUT2D eigenvalue weighted by molar-refractivity contribution is -0.437. The lowest BCUT2D eigenvalue weighted by Gasteiger charge is -2.39. The number of hydroxylamine groups is 2. The fraction of sp³-hybridized carbons (Fsp3) is 0.296. The molecule has 3 saturated heterocycles. The van der Waals surface area contributed by atoms with Crippen LogP contribution < -0.4 is 9.64 Å². The van der Waals surface area contributed by atoms with E-state index in [4.69, 9.17) is 19.1 Å². The molecular formula is C27H25N3O6. The highest BCUT2D eigenvalue weighted by molar-refractivity contribution is 6.23. The summed E-state index contributed by atoms with van der Waals surface area (Å²) in [6.07, 6.45) is 2.36. The van der Waals surface area contributed by atoms with E-state index >= 15 is 0 Å². The molecule has 3 aliphatic rings. The average molecular weight is 488 g/mol. The van der Waals surface area contributed by atoms with Crippen molar-refractivity contribution in [3.8, 4) is 5.75 Å². The van der Waals surface area contributed by atoms with Crippen LogP contribution >= 0.6 is 0 Å². The quantitative estimate of drug-likeness (QED) is 0.490. The van der Waals surface area contributed by atoms with Crippen LogP contribution in [0.1, 0.15) is 23.5 Å². The van der Waals surface area contributed by atoms with Crippen molar-refractivity contribution in [3.63, 3.8) is 0 Å². The minimum atomic E-state index is -0.956. The Kier molecular flexibility index (Phi) is 5.98. The number of rotatable bonds is 6. The number of aromatic nitrogens is 1. The number of imide groups is 1. The Hall–Kier alpha value is -3.63. The zero-order chi connectivity index (χ0) is 24.6. The van der Waals surface area contributed by atoms with E-state index in [9.17, 15) is 9.59 Å². The van der Waals surface area contributed by atoms with Gasteiger partial charge < -0.3 is 9.47 Å². The van der Waals surface area contributed by atoms with Crippen molar-refractivity contribution in [2.24, 2.45) is 5.92 Å². The van der Waals surface area contributed by atoms with Crippen LogP contribution in [0.15, 0.2) is 79.1 Å². The number of para-hydroxylation sites is 1. The van der Waals surface area contributed by atoms with Gasteiger partial charge in [0, 0.05) is 24.7 Å². The number of carbonyl (C=O) groups is 2. The monoisotopic (exact) mass is 487 g/mol. The van der Waals surface area contributed by atoms with Gasteiger partial charge in [0.05, 0.1) is 31.4 Å². The molecule has 3 fully saturated rings. The number of benzene rings is 2. The van der Waals surface area contributed by atoms with E-state index in [1.54, 1.807) is 43.8 Å². The third kappa shape index (κ3) is 3.96. The van der Waals surface area contributed by atoms with Crippen molar-refractivity contribution >= 4 is 17.5 Å². The van der Waals surface area contributed by atoms with Crippen molar-refractivity contribution in [1.29, 1.82) is 0 Å². The lowest BCUT2D eigenvalue weighted by Crippen LogP contribution is -2.49. The first-order valence-electron chi connectivity index (χ1n) is 11.8. The van der Waals surface area contributed by atoms with Gasteiger partial charge >= 0.3 is 0 Å². The molecule has 6 rings (SSSR count). The van der Waals surface area contributed by atoms with Crippen molar-refractivity contribution < 1.29 is 28.7 Å². The molecule has 0 aliphatic carbocycles. The molecule has 3 aliphatic heterocycles. The smallest absolute Gasteiger partial charge is 0.266 e. The summed E-state index contributed by atoms with van der Waals surface area (Å²) < 4.78 is 11.3. The van der Waals surface area contributed by atoms with Gasteiger partial charge in [-0.1, -0.05) is 41.6 Å². The normalized spacial score (nSPS) is 27.7. The van der Waals surface area contributed by atoms with Gasteiger partial charge in [0.25, 0.3) is 5.91 Å². The zero-order valence-electron chi connectivity index (χ0n) is 19.6. The number of ether oxygens (including phenoxy) is 2. The van der Waals surface area contributed by atoms with Gasteiger partial charge in [-0.15, -0.1) is 0 Å². The first kappa shape index (κ1) is 22.8. The van der Waals surface area contributed by atoms with Crippen molar-refractivity contribution in [2.75, 3.05) is 12.0 Å². The molecule has 36 heavy (non-hydrogen) atoms. The van der Waals surface area contributed by atoms with Crippen LogP contribution in [0.3, 0.4) is 0 Å². The minimum Gasteiger partial charge on any atom is -0.497 e. The summed E-state index contributed by atoms with van der Waals surface area (Å²) in [5.74, 6) is -0.821. The van der Waals surface area contributed by atoms with E-state index in [2.05, 4.69) is 4.98 Å². The Morgan fingerprint density at radius 3 is 2.50 bits per heavy atom. The highest BCUT2D eigenvalue weighted by atomic mass is 17.0. The van der Waals surface area contributed by atoms with E-state index in [0.29, 0.717) is 18.7 Å². The molecule has 0 spiro atoms. The summed E-state index contributed by atoms with van der Waals surface area (Å²) in [5, 5.41) is 1.31. The second-order valence-corrected chi connectivity index (χ2v) is 9.00. The summed E-state index contributed by atoms with van der Waals surface area (Å²) in [6, 6.07) is 19.8. The van der Waals surface area contributed by atoms with E-state index in [1.165, 1.54) is 10.1 Å². The topological polar surface area (TPSA) is 90.4 Å². The Morgan fingerprint density at radius 1 is 0.972 bits per heavy atom. The average Bonchev–Trinajstić information content (AvgIpc) is 3.43. The number of amides is 2. The fourth-order valence-electron chi connectivity index (χ4n) is 5.18. The van der Waals surface area contributed by atoms with Crippen molar-refractivity contribution in [2.45, 2.75) is 37.4 Å². The number of fused-ring (bicyclic) bond motifs is 3. The largest absolute Gasteiger partial charge is 0.497 e. The summed E-state index contributed by atoms with van der Waals surface area (Å²) >= 11 is 0. The van der Waals surface area contributed by atoms with Gasteiger partial charge in [0.15, 0.2) is 12.4 Å². The van der Waals surface area contributed by atoms with Crippen LogP contribution in [-0.2, 0) is 30.6 Å². The molecule has 0 unspecified atom stereocenters. The predicted octanol–water partition coefficient (Wildman–Crippen LogP) is 3.23. The molecule has 9 nitrogen and oxygen atoms in total. The van der Waals surface area contributed by atoms with Crippen LogP contribution in [0.25, 0.3) is 0 Å².